The molecule has 0 bridgehead atoms. The molecule has 7 nitrogen and oxygen atoms in total. The average molecular weight is 414 g/mol. The third-order valence-corrected chi connectivity index (χ3v) is 4.38. The maximum absolute atomic E-state index is 12.7. The van der Waals surface area contributed by atoms with Crippen molar-refractivity contribution in [1.82, 2.24) is 0 Å². The molecule has 0 saturated carbocycles. The van der Waals surface area contributed by atoms with Crippen LogP contribution in [0.25, 0.3) is 0 Å². The van der Waals surface area contributed by atoms with Gasteiger partial charge in [-0.2, -0.15) is 0 Å². The minimum Gasteiger partial charge on any atom is -0.493 e. The van der Waals surface area contributed by atoms with Crippen LogP contribution in [-0.2, 0) is 25.5 Å². The number of carbonyl (C=O) groups is 3. The fourth-order valence-electron chi connectivity index (χ4n) is 2.83. The van der Waals surface area contributed by atoms with Gasteiger partial charge in [0.05, 0.1) is 31.8 Å². The summed E-state index contributed by atoms with van der Waals surface area (Å²) in [6.45, 7) is 1.81. The molecule has 0 aliphatic heterocycles. The number of ether oxygens (including phenoxy) is 4. The predicted molar refractivity (Wildman–Crippen MR) is 110 cm³/mol. The van der Waals surface area contributed by atoms with Gasteiger partial charge in [0, 0.05) is 13.5 Å². The van der Waals surface area contributed by atoms with Crippen LogP contribution in [0, 0.1) is 0 Å². The van der Waals surface area contributed by atoms with Crippen molar-refractivity contribution >= 4 is 17.5 Å². The summed E-state index contributed by atoms with van der Waals surface area (Å²) in [5, 5.41) is 0. The Labute approximate surface area is 175 Å². The second kappa shape index (κ2) is 11.7. The zero-order chi connectivity index (χ0) is 21.9. The summed E-state index contributed by atoms with van der Waals surface area (Å²) >= 11 is 0. The molecule has 7 heteroatoms. The zero-order valence-electron chi connectivity index (χ0n) is 17.4. The molecule has 0 N–H and O–H groups in total. The first kappa shape index (κ1) is 23.1. The molecule has 2 rings (SSSR count). The highest BCUT2D eigenvalue weighted by molar-refractivity contribution is 6.38. The normalized spacial score (nSPS) is 11.4. The van der Waals surface area contributed by atoms with E-state index < -0.39 is 24.0 Å². The summed E-state index contributed by atoms with van der Waals surface area (Å²) in [5.41, 5.74) is 1.24. The van der Waals surface area contributed by atoms with Gasteiger partial charge in [0.25, 0.3) is 0 Å². The first-order chi connectivity index (χ1) is 14.5. The minimum absolute atomic E-state index is 0.0616. The van der Waals surface area contributed by atoms with E-state index in [9.17, 15) is 14.4 Å². The van der Waals surface area contributed by atoms with Crippen molar-refractivity contribution in [2.24, 2.45) is 0 Å². The van der Waals surface area contributed by atoms with Crippen molar-refractivity contribution in [2.75, 3.05) is 27.4 Å². The third-order valence-electron chi connectivity index (χ3n) is 4.38. The van der Waals surface area contributed by atoms with E-state index in [2.05, 4.69) is 4.74 Å². The van der Waals surface area contributed by atoms with Crippen molar-refractivity contribution in [3.05, 3.63) is 59.7 Å². The lowest BCUT2D eigenvalue weighted by Gasteiger charge is -2.19. The Kier molecular flexibility index (Phi) is 9.03. The number of Topliss-reactive ketones (excluding diaryl/α,β-unsaturated/α-hetero) is 2. The summed E-state index contributed by atoms with van der Waals surface area (Å²) in [4.78, 5) is 36.1. The van der Waals surface area contributed by atoms with E-state index in [4.69, 9.17) is 14.2 Å². The molecule has 0 aliphatic rings. The molecule has 1 atom stereocenters. The van der Waals surface area contributed by atoms with E-state index in [1.165, 1.54) is 13.2 Å². The van der Waals surface area contributed by atoms with Crippen LogP contribution in [0.1, 0.15) is 29.3 Å². The van der Waals surface area contributed by atoms with Crippen molar-refractivity contribution < 1.29 is 33.3 Å². The number of ketones is 2. The largest absolute Gasteiger partial charge is 0.493 e. The van der Waals surface area contributed by atoms with E-state index >= 15 is 0 Å². The Balaban J connectivity index is 2.15. The van der Waals surface area contributed by atoms with E-state index in [1.54, 1.807) is 26.2 Å². The lowest BCUT2D eigenvalue weighted by Crippen LogP contribution is -2.24. The summed E-state index contributed by atoms with van der Waals surface area (Å²) in [7, 11) is 3.04. The summed E-state index contributed by atoms with van der Waals surface area (Å²) in [5.74, 6) is -1.94. The fraction of sp³-hybridized carbons (Fsp3) is 0.348. The monoisotopic (exact) mass is 414 g/mol. The standard InChI is InChI=1S/C23H26O7/c1-4-29-23(26)20(25)14-19(24)18-11-8-12-21(28-3)22(18)30-15-17(27-2)13-16-9-6-5-7-10-16/h5-12,17H,4,13-15H2,1-3H3. The van der Waals surface area contributed by atoms with Gasteiger partial charge < -0.3 is 18.9 Å². The number of esters is 1. The summed E-state index contributed by atoms with van der Waals surface area (Å²) < 4.78 is 21.4. The average Bonchev–Trinajstić information content (AvgIpc) is 2.77. The summed E-state index contributed by atoms with van der Waals surface area (Å²) in [6, 6.07) is 14.6. The topological polar surface area (TPSA) is 88.1 Å². The van der Waals surface area contributed by atoms with E-state index in [0.717, 1.165) is 5.56 Å². The number of para-hydroxylation sites is 1. The van der Waals surface area contributed by atoms with Gasteiger partial charge in [0.15, 0.2) is 17.3 Å². The molecule has 0 spiro atoms. The van der Waals surface area contributed by atoms with Gasteiger partial charge in [-0.15, -0.1) is 0 Å². The molecule has 2 aromatic rings. The molecule has 1 unspecified atom stereocenters. The fourth-order valence-corrected chi connectivity index (χ4v) is 2.83. The maximum atomic E-state index is 12.7. The highest BCUT2D eigenvalue weighted by Crippen LogP contribution is 2.32. The maximum Gasteiger partial charge on any atom is 0.375 e. The van der Waals surface area contributed by atoms with E-state index in [1.807, 2.05) is 30.3 Å². The quantitative estimate of drug-likeness (QED) is 0.228. The van der Waals surface area contributed by atoms with Crippen LogP contribution in [0.2, 0.25) is 0 Å². The predicted octanol–water partition coefficient (Wildman–Crippen LogP) is 3.04. The molecule has 0 fully saturated rings. The van der Waals surface area contributed by atoms with Crippen molar-refractivity contribution in [1.29, 1.82) is 0 Å². The number of hydrogen-bond acceptors (Lipinski definition) is 7. The number of rotatable bonds is 12. The SMILES string of the molecule is CCOC(=O)C(=O)CC(=O)c1cccc(OC)c1OCC(Cc1ccccc1)OC. The first-order valence-corrected chi connectivity index (χ1v) is 9.59. The Hall–Kier alpha value is -3.19. The number of hydrogen-bond donors (Lipinski definition) is 0. The number of methoxy groups -OCH3 is 2. The Morgan fingerprint density at radius 2 is 1.70 bits per heavy atom. The molecular formula is C23H26O7. The van der Waals surface area contributed by atoms with Crippen LogP contribution in [0.5, 0.6) is 11.5 Å². The molecule has 30 heavy (non-hydrogen) atoms. The smallest absolute Gasteiger partial charge is 0.375 e. The highest BCUT2D eigenvalue weighted by atomic mass is 16.5. The van der Waals surface area contributed by atoms with Crippen LogP contribution in [0.15, 0.2) is 48.5 Å². The van der Waals surface area contributed by atoms with E-state index in [-0.39, 0.29) is 30.6 Å². The van der Waals surface area contributed by atoms with Crippen LogP contribution in [0.4, 0.5) is 0 Å². The van der Waals surface area contributed by atoms with Gasteiger partial charge >= 0.3 is 5.97 Å². The second-order valence-corrected chi connectivity index (χ2v) is 6.44. The third kappa shape index (κ3) is 6.42. The van der Waals surface area contributed by atoms with Gasteiger partial charge in [0.2, 0.25) is 5.78 Å². The van der Waals surface area contributed by atoms with Crippen LogP contribution in [0.3, 0.4) is 0 Å². The molecule has 0 heterocycles. The van der Waals surface area contributed by atoms with Gasteiger partial charge in [-0.1, -0.05) is 36.4 Å². The molecule has 0 aliphatic carbocycles. The molecule has 2 aromatic carbocycles. The van der Waals surface area contributed by atoms with Crippen LogP contribution >= 0.6 is 0 Å². The van der Waals surface area contributed by atoms with Crippen molar-refractivity contribution in [2.45, 2.75) is 25.9 Å². The summed E-state index contributed by atoms with van der Waals surface area (Å²) in [6.07, 6.45) is -0.251. The van der Waals surface area contributed by atoms with E-state index in [0.29, 0.717) is 12.2 Å². The van der Waals surface area contributed by atoms with Gasteiger partial charge in [-0.3, -0.25) is 9.59 Å². The molecule has 0 aromatic heterocycles. The highest BCUT2D eigenvalue weighted by Gasteiger charge is 2.24. The Bertz CT molecular complexity index is 861. The number of benzene rings is 2. The van der Waals surface area contributed by atoms with Crippen LogP contribution < -0.4 is 9.47 Å². The molecular weight excluding hydrogens is 388 g/mol. The lowest BCUT2D eigenvalue weighted by atomic mass is 10.0. The zero-order valence-corrected chi connectivity index (χ0v) is 17.4. The Morgan fingerprint density at radius 1 is 0.967 bits per heavy atom. The van der Waals surface area contributed by atoms with Crippen LogP contribution in [-0.4, -0.2) is 51.1 Å². The van der Waals surface area contributed by atoms with Gasteiger partial charge in [0.1, 0.15) is 6.61 Å². The molecule has 0 saturated heterocycles. The second-order valence-electron chi connectivity index (χ2n) is 6.44. The van der Waals surface area contributed by atoms with Gasteiger partial charge in [-0.25, -0.2) is 4.79 Å². The molecule has 160 valence electrons. The minimum atomic E-state index is -1.03. The Morgan fingerprint density at radius 3 is 2.33 bits per heavy atom. The molecule has 0 radical (unpaired) electrons. The van der Waals surface area contributed by atoms with Crippen molar-refractivity contribution in [3.8, 4) is 11.5 Å². The lowest BCUT2D eigenvalue weighted by molar-refractivity contribution is -0.153. The first-order valence-electron chi connectivity index (χ1n) is 9.59. The molecule has 0 amide bonds. The van der Waals surface area contributed by atoms with Crippen molar-refractivity contribution in [3.63, 3.8) is 0 Å². The van der Waals surface area contributed by atoms with Gasteiger partial charge in [-0.05, 0) is 24.6 Å². The number of carbonyl (C=O) groups excluding carboxylic acids is 3.